The van der Waals surface area contributed by atoms with Crippen molar-refractivity contribution in [3.8, 4) is 6.07 Å². The van der Waals surface area contributed by atoms with Crippen molar-refractivity contribution in [2.75, 3.05) is 7.11 Å². The quantitative estimate of drug-likeness (QED) is 0.614. The number of aryl methyl sites for hydroxylation is 1. The van der Waals surface area contributed by atoms with Crippen molar-refractivity contribution >= 4 is 17.7 Å². The van der Waals surface area contributed by atoms with Crippen LogP contribution < -0.4 is 0 Å². The third kappa shape index (κ3) is 3.40. The SMILES string of the molecule is COC(=O)c1cc(C#N)c(SC(F)(F)F)cc1C. The maximum atomic E-state index is 12.3. The number of hydrogen-bond acceptors (Lipinski definition) is 4. The lowest BCUT2D eigenvalue weighted by Gasteiger charge is -2.10. The molecule has 0 bridgehead atoms. The van der Waals surface area contributed by atoms with Crippen molar-refractivity contribution in [1.29, 1.82) is 5.26 Å². The summed E-state index contributed by atoms with van der Waals surface area (Å²) in [6, 6.07) is 3.90. The van der Waals surface area contributed by atoms with E-state index in [0.29, 0.717) is 5.56 Å². The Hall–Kier alpha value is -1.68. The number of nitrogens with zero attached hydrogens (tertiary/aromatic N) is 1. The molecule has 0 aliphatic carbocycles. The highest BCUT2D eigenvalue weighted by molar-refractivity contribution is 8.00. The Morgan fingerprint density at radius 1 is 1.44 bits per heavy atom. The van der Waals surface area contributed by atoms with Gasteiger partial charge in [-0.2, -0.15) is 18.4 Å². The van der Waals surface area contributed by atoms with Crippen LogP contribution in [0.5, 0.6) is 0 Å². The number of carbonyl (C=O) groups excluding carboxylic acids is 1. The smallest absolute Gasteiger partial charge is 0.446 e. The molecular formula is C11H8F3NO2S. The van der Waals surface area contributed by atoms with Gasteiger partial charge in [-0.05, 0) is 36.4 Å². The lowest BCUT2D eigenvalue weighted by molar-refractivity contribution is -0.0328. The van der Waals surface area contributed by atoms with E-state index in [1.807, 2.05) is 0 Å². The minimum atomic E-state index is -4.48. The first-order valence-electron chi connectivity index (χ1n) is 4.67. The topological polar surface area (TPSA) is 50.1 Å². The van der Waals surface area contributed by atoms with Crippen LogP contribution in [0, 0.1) is 18.3 Å². The van der Waals surface area contributed by atoms with Crippen LogP contribution >= 0.6 is 11.8 Å². The minimum Gasteiger partial charge on any atom is -0.465 e. The van der Waals surface area contributed by atoms with Gasteiger partial charge >= 0.3 is 11.5 Å². The third-order valence-corrected chi connectivity index (χ3v) is 2.87. The standard InChI is InChI=1S/C11H8F3NO2S/c1-6-3-9(18-11(12,13)14)7(5-15)4-8(6)10(16)17-2/h3-4H,1-2H3. The molecule has 0 aromatic heterocycles. The molecule has 0 saturated heterocycles. The number of alkyl halides is 3. The van der Waals surface area contributed by atoms with Gasteiger partial charge in [0.2, 0.25) is 0 Å². The number of thioether (sulfide) groups is 1. The van der Waals surface area contributed by atoms with E-state index in [9.17, 15) is 18.0 Å². The van der Waals surface area contributed by atoms with Crippen LogP contribution in [0.3, 0.4) is 0 Å². The number of halogens is 3. The third-order valence-electron chi connectivity index (χ3n) is 2.08. The van der Waals surface area contributed by atoms with Crippen molar-refractivity contribution < 1.29 is 22.7 Å². The predicted octanol–water partition coefficient (Wildman–Crippen LogP) is 3.27. The van der Waals surface area contributed by atoms with Gasteiger partial charge in [-0.1, -0.05) is 0 Å². The van der Waals surface area contributed by atoms with Crippen LogP contribution in [0.2, 0.25) is 0 Å². The van der Waals surface area contributed by atoms with Crippen LogP contribution in [0.15, 0.2) is 17.0 Å². The highest BCUT2D eigenvalue weighted by atomic mass is 32.2. The molecule has 0 spiro atoms. The summed E-state index contributed by atoms with van der Waals surface area (Å²) < 4.78 is 41.3. The monoisotopic (exact) mass is 275 g/mol. The van der Waals surface area contributed by atoms with Gasteiger partial charge in [0.1, 0.15) is 6.07 Å². The first kappa shape index (κ1) is 14.4. The summed E-state index contributed by atoms with van der Waals surface area (Å²) in [7, 11) is 1.16. The van der Waals surface area contributed by atoms with Gasteiger partial charge in [-0.3, -0.25) is 0 Å². The normalized spacial score (nSPS) is 10.9. The Morgan fingerprint density at radius 2 is 2.06 bits per heavy atom. The second-order valence-electron chi connectivity index (χ2n) is 3.31. The fourth-order valence-corrected chi connectivity index (χ4v) is 2.01. The fourth-order valence-electron chi connectivity index (χ4n) is 1.31. The number of nitriles is 1. The van der Waals surface area contributed by atoms with Gasteiger partial charge in [-0.15, -0.1) is 0 Å². The highest BCUT2D eigenvalue weighted by Gasteiger charge is 2.31. The van der Waals surface area contributed by atoms with E-state index in [1.54, 1.807) is 6.07 Å². The van der Waals surface area contributed by atoms with E-state index < -0.39 is 11.5 Å². The molecule has 0 atom stereocenters. The van der Waals surface area contributed by atoms with E-state index in [0.717, 1.165) is 19.2 Å². The largest absolute Gasteiger partial charge is 0.465 e. The van der Waals surface area contributed by atoms with E-state index >= 15 is 0 Å². The second-order valence-corrected chi connectivity index (χ2v) is 4.42. The molecule has 0 heterocycles. The molecule has 0 aliphatic heterocycles. The molecular weight excluding hydrogens is 267 g/mol. The first-order chi connectivity index (χ1) is 8.28. The molecule has 0 amide bonds. The molecule has 18 heavy (non-hydrogen) atoms. The van der Waals surface area contributed by atoms with Gasteiger partial charge in [0.15, 0.2) is 0 Å². The van der Waals surface area contributed by atoms with Crippen LogP contribution in [-0.2, 0) is 4.74 Å². The molecule has 7 heteroatoms. The summed E-state index contributed by atoms with van der Waals surface area (Å²) in [5.41, 5.74) is -4.28. The Bertz CT molecular complexity index is 520. The van der Waals surface area contributed by atoms with E-state index in [4.69, 9.17) is 5.26 Å². The zero-order chi connectivity index (χ0) is 13.9. The fraction of sp³-hybridized carbons (Fsp3) is 0.273. The van der Waals surface area contributed by atoms with Gasteiger partial charge in [0, 0.05) is 4.90 Å². The van der Waals surface area contributed by atoms with Crippen LogP contribution in [0.25, 0.3) is 0 Å². The molecule has 3 nitrogen and oxygen atoms in total. The highest BCUT2D eigenvalue weighted by Crippen LogP contribution is 2.39. The Kier molecular flexibility index (Phi) is 4.24. The summed E-state index contributed by atoms with van der Waals surface area (Å²) in [5, 5.41) is 8.80. The molecule has 1 aromatic rings. The minimum absolute atomic E-state index is 0.0839. The van der Waals surface area contributed by atoms with Crippen molar-refractivity contribution in [3.05, 3.63) is 28.8 Å². The van der Waals surface area contributed by atoms with Crippen LogP contribution in [0.4, 0.5) is 13.2 Å². The number of benzene rings is 1. The number of hydrogen-bond donors (Lipinski definition) is 0. The average molecular weight is 275 g/mol. The zero-order valence-corrected chi connectivity index (χ0v) is 10.3. The van der Waals surface area contributed by atoms with E-state index in [-0.39, 0.29) is 27.8 Å². The summed E-state index contributed by atoms with van der Waals surface area (Å²) in [5.74, 6) is -0.687. The van der Waals surface area contributed by atoms with E-state index in [1.165, 1.54) is 6.92 Å². The van der Waals surface area contributed by atoms with Crippen LogP contribution in [-0.4, -0.2) is 18.6 Å². The Labute approximate surface area is 106 Å². The number of ether oxygens (including phenoxy) is 1. The zero-order valence-electron chi connectivity index (χ0n) is 9.46. The number of carbonyl (C=O) groups is 1. The molecule has 0 saturated carbocycles. The summed E-state index contributed by atoms with van der Waals surface area (Å²) in [6.45, 7) is 1.48. The van der Waals surface area contributed by atoms with Gasteiger partial charge in [-0.25, -0.2) is 4.79 Å². The number of rotatable bonds is 2. The van der Waals surface area contributed by atoms with Gasteiger partial charge in [0.25, 0.3) is 0 Å². The first-order valence-corrected chi connectivity index (χ1v) is 5.49. The Morgan fingerprint density at radius 3 is 2.50 bits per heavy atom. The molecule has 0 N–H and O–H groups in total. The van der Waals surface area contributed by atoms with Crippen molar-refractivity contribution in [3.63, 3.8) is 0 Å². The van der Waals surface area contributed by atoms with E-state index in [2.05, 4.69) is 4.74 Å². The van der Waals surface area contributed by atoms with Gasteiger partial charge < -0.3 is 4.74 Å². The number of methoxy groups -OCH3 is 1. The predicted molar refractivity (Wildman–Crippen MR) is 59.1 cm³/mol. The maximum absolute atomic E-state index is 12.3. The molecule has 0 radical (unpaired) electrons. The summed E-state index contributed by atoms with van der Waals surface area (Å²) in [4.78, 5) is 11.1. The Balaban J connectivity index is 3.28. The molecule has 96 valence electrons. The van der Waals surface area contributed by atoms with Crippen molar-refractivity contribution in [2.45, 2.75) is 17.3 Å². The van der Waals surface area contributed by atoms with Gasteiger partial charge in [0.05, 0.1) is 18.2 Å². The summed E-state index contributed by atoms with van der Waals surface area (Å²) in [6.07, 6.45) is 0. The molecule has 0 aliphatic rings. The van der Waals surface area contributed by atoms with Crippen molar-refractivity contribution in [2.24, 2.45) is 0 Å². The van der Waals surface area contributed by atoms with Crippen molar-refractivity contribution in [1.82, 2.24) is 0 Å². The lowest BCUT2D eigenvalue weighted by Crippen LogP contribution is -2.06. The molecule has 1 rings (SSSR count). The average Bonchev–Trinajstić information content (AvgIpc) is 2.26. The van der Waals surface area contributed by atoms with Crippen LogP contribution in [0.1, 0.15) is 21.5 Å². The molecule has 0 fully saturated rings. The molecule has 0 unspecified atom stereocenters. The summed E-state index contributed by atoms with van der Waals surface area (Å²) >= 11 is -0.380. The number of esters is 1. The maximum Gasteiger partial charge on any atom is 0.446 e. The second kappa shape index (κ2) is 5.31. The lowest BCUT2D eigenvalue weighted by atomic mass is 10.1. The molecule has 1 aromatic carbocycles.